The molecule has 4 rings (SSSR count). The van der Waals surface area contributed by atoms with Crippen LogP contribution in [0.25, 0.3) is 16.3 Å². The van der Waals surface area contributed by atoms with E-state index in [9.17, 15) is 9.90 Å². The van der Waals surface area contributed by atoms with Crippen LogP contribution in [0.3, 0.4) is 0 Å². The van der Waals surface area contributed by atoms with Gasteiger partial charge in [0.2, 0.25) is 0 Å². The smallest absolute Gasteiger partial charge is 0.335 e. The highest BCUT2D eigenvalue weighted by atomic mass is 32.1. The molecular formula is C17H15N3O2S. The maximum absolute atomic E-state index is 11.2. The maximum atomic E-state index is 11.2. The van der Waals surface area contributed by atoms with E-state index >= 15 is 0 Å². The van der Waals surface area contributed by atoms with Crippen molar-refractivity contribution in [2.45, 2.75) is 13.3 Å². The van der Waals surface area contributed by atoms with E-state index in [4.69, 9.17) is 5.10 Å². The van der Waals surface area contributed by atoms with Gasteiger partial charge in [-0.1, -0.05) is 6.07 Å². The predicted octanol–water partition coefficient (Wildman–Crippen LogP) is 3.58. The van der Waals surface area contributed by atoms with Crippen LogP contribution in [0.5, 0.6) is 0 Å². The number of aromatic carboxylic acids is 1. The lowest BCUT2D eigenvalue weighted by atomic mass is 10.2. The quantitative estimate of drug-likeness (QED) is 0.772. The number of nitrogens with zero attached hydrogens (tertiary/aromatic N) is 2. The molecule has 0 saturated carbocycles. The number of carboxylic acids is 1. The fourth-order valence-corrected chi connectivity index (χ4v) is 3.77. The number of fused-ring (bicyclic) bond motifs is 1. The number of hydrogen-bond donors (Lipinski definition) is 2. The zero-order valence-electron chi connectivity index (χ0n) is 12.5. The number of carbonyl (C=O) groups is 1. The third kappa shape index (κ3) is 2.31. The Morgan fingerprint density at radius 1 is 1.35 bits per heavy atom. The summed E-state index contributed by atoms with van der Waals surface area (Å²) >= 11 is 1.73. The topological polar surface area (TPSA) is 67.2 Å². The van der Waals surface area contributed by atoms with Gasteiger partial charge in [0.25, 0.3) is 0 Å². The van der Waals surface area contributed by atoms with Gasteiger partial charge in [-0.2, -0.15) is 5.10 Å². The summed E-state index contributed by atoms with van der Waals surface area (Å²) in [7, 11) is 0. The Hall–Kier alpha value is -2.60. The van der Waals surface area contributed by atoms with Gasteiger partial charge < -0.3 is 10.4 Å². The molecule has 6 heteroatoms. The number of nitrogens with one attached hydrogen (secondary N) is 1. The van der Waals surface area contributed by atoms with E-state index in [0.717, 1.165) is 35.0 Å². The van der Waals surface area contributed by atoms with Crippen LogP contribution in [-0.4, -0.2) is 27.4 Å². The number of aromatic nitrogens is 2. The second-order valence-corrected chi connectivity index (χ2v) is 6.82. The van der Waals surface area contributed by atoms with Crippen molar-refractivity contribution in [2.24, 2.45) is 0 Å². The molecule has 3 heterocycles. The van der Waals surface area contributed by atoms with E-state index in [1.54, 1.807) is 29.5 Å². The molecule has 3 aromatic rings. The first-order valence-corrected chi connectivity index (χ1v) is 8.21. The van der Waals surface area contributed by atoms with Crippen LogP contribution in [0.2, 0.25) is 0 Å². The van der Waals surface area contributed by atoms with Gasteiger partial charge in [0, 0.05) is 17.0 Å². The molecule has 1 aromatic carbocycles. The van der Waals surface area contributed by atoms with Gasteiger partial charge >= 0.3 is 5.97 Å². The minimum absolute atomic E-state index is 0.262. The lowest BCUT2D eigenvalue weighted by Gasteiger charge is -2.07. The molecule has 1 aliphatic heterocycles. The maximum Gasteiger partial charge on any atom is 0.335 e. The van der Waals surface area contributed by atoms with Crippen molar-refractivity contribution in [3.8, 4) is 16.3 Å². The summed E-state index contributed by atoms with van der Waals surface area (Å²) in [4.78, 5) is 13.6. The van der Waals surface area contributed by atoms with E-state index in [1.807, 2.05) is 10.7 Å². The molecule has 0 saturated heterocycles. The number of rotatable bonds is 3. The molecule has 0 fully saturated rings. The van der Waals surface area contributed by atoms with E-state index in [-0.39, 0.29) is 5.56 Å². The van der Waals surface area contributed by atoms with Gasteiger partial charge in [-0.15, -0.1) is 11.3 Å². The Balaban J connectivity index is 1.87. The van der Waals surface area contributed by atoms with Crippen molar-refractivity contribution in [3.63, 3.8) is 0 Å². The van der Waals surface area contributed by atoms with Crippen LogP contribution >= 0.6 is 11.3 Å². The van der Waals surface area contributed by atoms with Crippen LogP contribution in [-0.2, 0) is 6.42 Å². The Morgan fingerprint density at radius 2 is 2.22 bits per heavy atom. The van der Waals surface area contributed by atoms with Crippen molar-refractivity contribution in [3.05, 3.63) is 52.4 Å². The molecule has 0 unspecified atom stereocenters. The first kappa shape index (κ1) is 14.0. The van der Waals surface area contributed by atoms with E-state index in [2.05, 4.69) is 24.4 Å². The standard InChI is InChI=1S/C17H15N3O2S/c1-10-5-6-14(23-10)15-13-7-8-18-16(13)20(19-15)12-4-2-3-11(9-12)17(21)22/h2-6,9,18H,7-8H2,1H3,(H,21,22). The molecule has 0 atom stereocenters. The zero-order valence-corrected chi connectivity index (χ0v) is 13.4. The molecule has 2 N–H and O–H groups in total. The summed E-state index contributed by atoms with van der Waals surface area (Å²) in [6.07, 6.45) is 0.931. The van der Waals surface area contributed by atoms with E-state index in [1.165, 1.54) is 10.4 Å². The molecular weight excluding hydrogens is 310 g/mol. The molecule has 0 amide bonds. The van der Waals surface area contributed by atoms with Gasteiger partial charge in [-0.3, -0.25) is 0 Å². The third-order valence-corrected chi connectivity index (χ3v) is 4.97. The van der Waals surface area contributed by atoms with Crippen molar-refractivity contribution in [2.75, 3.05) is 11.9 Å². The number of aryl methyl sites for hydroxylation is 1. The summed E-state index contributed by atoms with van der Waals surface area (Å²) in [5.41, 5.74) is 3.21. The fourth-order valence-electron chi connectivity index (χ4n) is 2.89. The van der Waals surface area contributed by atoms with Crippen LogP contribution in [0.15, 0.2) is 36.4 Å². The second-order valence-electron chi connectivity index (χ2n) is 5.53. The Kier molecular flexibility index (Phi) is 3.20. The normalized spacial score (nSPS) is 12.9. The highest BCUT2D eigenvalue weighted by Crippen LogP contribution is 2.37. The Labute approximate surface area is 137 Å². The molecule has 116 valence electrons. The molecule has 2 aromatic heterocycles. The Bertz CT molecular complexity index is 910. The van der Waals surface area contributed by atoms with Crippen molar-refractivity contribution < 1.29 is 9.90 Å². The van der Waals surface area contributed by atoms with Crippen LogP contribution < -0.4 is 5.32 Å². The number of hydrogen-bond acceptors (Lipinski definition) is 4. The second kappa shape index (κ2) is 5.24. The van der Waals surface area contributed by atoms with Gasteiger partial charge in [0.1, 0.15) is 11.5 Å². The number of thiophene rings is 1. The van der Waals surface area contributed by atoms with Crippen LogP contribution in [0.1, 0.15) is 20.8 Å². The summed E-state index contributed by atoms with van der Waals surface area (Å²) in [6.45, 7) is 2.96. The largest absolute Gasteiger partial charge is 0.478 e. The number of benzene rings is 1. The zero-order chi connectivity index (χ0) is 16.0. The van der Waals surface area contributed by atoms with Crippen LogP contribution in [0.4, 0.5) is 5.82 Å². The summed E-state index contributed by atoms with van der Waals surface area (Å²) in [6, 6.07) is 11.1. The summed E-state index contributed by atoms with van der Waals surface area (Å²) < 4.78 is 1.82. The average molecular weight is 325 g/mol. The van der Waals surface area contributed by atoms with Crippen LogP contribution in [0, 0.1) is 6.92 Å². The van der Waals surface area contributed by atoms with Gasteiger partial charge in [-0.05, 0) is 43.7 Å². The first-order valence-electron chi connectivity index (χ1n) is 7.40. The highest BCUT2D eigenvalue weighted by molar-refractivity contribution is 7.15. The molecule has 1 aliphatic rings. The van der Waals surface area contributed by atoms with Crippen molar-refractivity contribution in [1.29, 1.82) is 0 Å². The monoisotopic (exact) mass is 325 g/mol. The fraction of sp³-hybridized carbons (Fsp3) is 0.176. The number of carboxylic acid groups (broad SMARTS) is 1. The van der Waals surface area contributed by atoms with Gasteiger partial charge in [0.05, 0.1) is 16.1 Å². The minimum Gasteiger partial charge on any atom is -0.478 e. The van der Waals surface area contributed by atoms with Gasteiger partial charge in [0.15, 0.2) is 0 Å². The Morgan fingerprint density at radius 3 is 2.96 bits per heavy atom. The lowest BCUT2D eigenvalue weighted by Crippen LogP contribution is -2.05. The SMILES string of the molecule is Cc1ccc(-c2nn(-c3cccc(C(=O)O)c3)c3c2CCN3)s1. The third-order valence-electron chi connectivity index (χ3n) is 3.96. The van der Waals surface area contributed by atoms with E-state index < -0.39 is 5.97 Å². The highest BCUT2D eigenvalue weighted by Gasteiger charge is 2.24. The molecule has 5 nitrogen and oxygen atoms in total. The van der Waals surface area contributed by atoms with Crippen molar-refractivity contribution in [1.82, 2.24) is 9.78 Å². The molecule has 23 heavy (non-hydrogen) atoms. The molecule has 0 aliphatic carbocycles. The number of anilines is 1. The van der Waals surface area contributed by atoms with Crippen molar-refractivity contribution >= 4 is 23.1 Å². The lowest BCUT2D eigenvalue weighted by molar-refractivity contribution is 0.0697. The predicted molar refractivity (Wildman–Crippen MR) is 90.8 cm³/mol. The van der Waals surface area contributed by atoms with E-state index in [0.29, 0.717) is 0 Å². The van der Waals surface area contributed by atoms with Gasteiger partial charge in [-0.25, -0.2) is 9.48 Å². The average Bonchev–Trinajstić information content (AvgIpc) is 3.23. The molecule has 0 radical (unpaired) electrons. The summed E-state index contributed by atoms with van der Waals surface area (Å²) in [5, 5.41) is 17.3. The summed E-state index contributed by atoms with van der Waals surface area (Å²) in [5.74, 6) is 0.0336. The molecule has 0 bridgehead atoms. The minimum atomic E-state index is -0.933. The molecule has 0 spiro atoms. The first-order chi connectivity index (χ1) is 11.1.